The van der Waals surface area contributed by atoms with Crippen molar-refractivity contribution in [2.45, 2.75) is 31.7 Å². The van der Waals surface area contributed by atoms with Gasteiger partial charge in [-0.05, 0) is 38.3 Å². The standard InChI is InChI=1S/C13H16N2/c1-11-5-4-6-12(9-11)13(10-14)7-2-3-8-15-13/h4-6,9,15H,2-3,7-8H2,1H3. The second-order valence-electron chi connectivity index (χ2n) is 4.27. The summed E-state index contributed by atoms with van der Waals surface area (Å²) in [5.74, 6) is 0. The number of hydrogen-bond donors (Lipinski definition) is 1. The van der Waals surface area contributed by atoms with Gasteiger partial charge in [0.2, 0.25) is 0 Å². The van der Waals surface area contributed by atoms with E-state index in [1.54, 1.807) is 0 Å². The van der Waals surface area contributed by atoms with Gasteiger partial charge in [0.05, 0.1) is 6.07 Å². The van der Waals surface area contributed by atoms with Gasteiger partial charge in [0, 0.05) is 0 Å². The van der Waals surface area contributed by atoms with E-state index >= 15 is 0 Å². The highest BCUT2D eigenvalue weighted by atomic mass is 15.0. The molecule has 1 aliphatic heterocycles. The van der Waals surface area contributed by atoms with Gasteiger partial charge in [-0.3, -0.25) is 5.32 Å². The summed E-state index contributed by atoms with van der Waals surface area (Å²) < 4.78 is 0. The number of piperidine rings is 1. The van der Waals surface area contributed by atoms with E-state index in [4.69, 9.17) is 0 Å². The fourth-order valence-electron chi connectivity index (χ4n) is 2.22. The molecule has 1 aliphatic rings. The third kappa shape index (κ3) is 1.88. The molecule has 2 rings (SSSR count). The molecule has 0 aliphatic carbocycles. The van der Waals surface area contributed by atoms with E-state index in [2.05, 4.69) is 36.5 Å². The van der Waals surface area contributed by atoms with Crippen LogP contribution in [-0.2, 0) is 5.54 Å². The van der Waals surface area contributed by atoms with E-state index in [9.17, 15) is 5.26 Å². The van der Waals surface area contributed by atoms with Crippen molar-refractivity contribution >= 4 is 0 Å². The first-order valence-electron chi connectivity index (χ1n) is 5.50. The Kier molecular flexibility index (Phi) is 2.75. The molecular weight excluding hydrogens is 184 g/mol. The van der Waals surface area contributed by atoms with Crippen LogP contribution < -0.4 is 5.32 Å². The SMILES string of the molecule is Cc1cccc(C2(C#N)CCCCN2)c1. The van der Waals surface area contributed by atoms with Gasteiger partial charge < -0.3 is 0 Å². The largest absolute Gasteiger partial charge is 0.296 e. The van der Waals surface area contributed by atoms with Crippen LogP contribution in [0.4, 0.5) is 0 Å². The fourth-order valence-corrected chi connectivity index (χ4v) is 2.22. The Morgan fingerprint density at radius 2 is 2.27 bits per heavy atom. The molecule has 0 amide bonds. The first-order chi connectivity index (χ1) is 7.27. The molecule has 1 atom stereocenters. The van der Waals surface area contributed by atoms with Gasteiger partial charge in [-0.25, -0.2) is 0 Å². The van der Waals surface area contributed by atoms with Crippen molar-refractivity contribution in [2.75, 3.05) is 6.54 Å². The van der Waals surface area contributed by atoms with E-state index in [0.717, 1.165) is 24.9 Å². The molecule has 0 radical (unpaired) electrons. The van der Waals surface area contributed by atoms with Crippen molar-refractivity contribution in [3.05, 3.63) is 35.4 Å². The number of nitrogens with one attached hydrogen (secondary N) is 1. The Balaban J connectivity index is 2.37. The number of nitrogens with zero attached hydrogens (tertiary/aromatic N) is 1. The van der Waals surface area contributed by atoms with Crippen molar-refractivity contribution in [2.24, 2.45) is 0 Å². The van der Waals surface area contributed by atoms with E-state index in [0.29, 0.717) is 0 Å². The Morgan fingerprint density at radius 3 is 2.87 bits per heavy atom. The van der Waals surface area contributed by atoms with Gasteiger partial charge in [-0.1, -0.05) is 29.8 Å². The van der Waals surface area contributed by atoms with E-state index in [1.165, 1.54) is 12.0 Å². The molecule has 0 saturated carbocycles. The van der Waals surface area contributed by atoms with Crippen LogP contribution >= 0.6 is 0 Å². The van der Waals surface area contributed by atoms with Gasteiger partial charge in [-0.2, -0.15) is 5.26 Å². The molecule has 0 aromatic heterocycles. The highest BCUT2D eigenvalue weighted by Crippen LogP contribution is 2.29. The molecule has 2 heteroatoms. The predicted octanol–water partition coefficient (Wildman–Crippen LogP) is 2.49. The van der Waals surface area contributed by atoms with Crippen LogP contribution in [0.25, 0.3) is 0 Å². The molecule has 2 nitrogen and oxygen atoms in total. The third-order valence-corrected chi connectivity index (χ3v) is 3.11. The van der Waals surface area contributed by atoms with Gasteiger partial charge in [0.25, 0.3) is 0 Å². The molecule has 15 heavy (non-hydrogen) atoms. The molecular formula is C13H16N2. The van der Waals surface area contributed by atoms with Crippen molar-refractivity contribution in [3.8, 4) is 6.07 Å². The van der Waals surface area contributed by atoms with Crippen LogP contribution in [0.5, 0.6) is 0 Å². The topological polar surface area (TPSA) is 35.8 Å². The molecule has 1 fully saturated rings. The van der Waals surface area contributed by atoms with Gasteiger partial charge in [0.1, 0.15) is 5.54 Å². The zero-order valence-electron chi connectivity index (χ0n) is 9.09. The predicted molar refractivity (Wildman–Crippen MR) is 60.3 cm³/mol. The minimum Gasteiger partial charge on any atom is -0.296 e. The van der Waals surface area contributed by atoms with Gasteiger partial charge in [0.15, 0.2) is 0 Å². The molecule has 1 aromatic carbocycles. The van der Waals surface area contributed by atoms with Crippen molar-refractivity contribution in [3.63, 3.8) is 0 Å². The summed E-state index contributed by atoms with van der Waals surface area (Å²) >= 11 is 0. The summed E-state index contributed by atoms with van der Waals surface area (Å²) in [5.41, 5.74) is 1.89. The summed E-state index contributed by atoms with van der Waals surface area (Å²) in [6.45, 7) is 3.01. The van der Waals surface area contributed by atoms with Crippen LogP contribution in [0.3, 0.4) is 0 Å². The summed E-state index contributed by atoms with van der Waals surface area (Å²) in [5, 5.41) is 12.7. The van der Waals surface area contributed by atoms with Crippen LogP contribution in [-0.4, -0.2) is 6.54 Å². The van der Waals surface area contributed by atoms with Crippen molar-refractivity contribution < 1.29 is 0 Å². The lowest BCUT2D eigenvalue weighted by atomic mass is 9.83. The van der Waals surface area contributed by atoms with Crippen molar-refractivity contribution in [1.82, 2.24) is 5.32 Å². The highest BCUT2D eigenvalue weighted by Gasteiger charge is 2.33. The molecule has 1 aromatic rings. The minimum absolute atomic E-state index is 0.440. The maximum atomic E-state index is 9.37. The number of hydrogen-bond acceptors (Lipinski definition) is 2. The maximum absolute atomic E-state index is 9.37. The molecule has 1 N–H and O–H groups in total. The van der Waals surface area contributed by atoms with Gasteiger partial charge >= 0.3 is 0 Å². The second-order valence-corrected chi connectivity index (χ2v) is 4.27. The maximum Gasteiger partial charge on any atom is 0.132 e. The zero-order valence-corrected chi connectivity index (χ0v) is 9.09. The monoisotopic (exact) mass is 200 g/mol. The van der Waals surface area contributed by atoms with Crippen molar-refractivity contribution in [1.29, 1.82) is 5.26 Å². The first kappa shape index (κ1) is 10.2. The van der Waals surface area contributed by atoms with E-state index in [-0.39, 0.29) is 0 Å². The van der Waals surface area contributed by atoms with Crippen LogP contribution in [0, 0.1) is 18.3 Å². The Labute approximate surface area is 90.9 Å². The van der Waals surface area contributed by atoms with Crippen LogP contribution in [0.15, 0.2) is 24.3 Å². The Bertz CT molecular complexity index is 384. The minimum atomic E-state index is -0.440. The van der Waals surface area contributed by atoms with E-state index in [1.807, 2.05) is 6.07 Å². The second kappa shape index (κ2) is 4.04. The van der Waals surface area contributed by atoms with E-state index < -0.39 is 5.54 Å². The summed E-state index contributed by atoms with van der Waals surface area (Å²) in [7, 11) is 0. The number of benzene rings is 1. The quantitative estimate of drug-likeness (QED) is 0.756. The summed E-state index contributed by atoms with van der Waals surface area (Å²) in [6.07, 6.45) is 3.23. The molecule has 1 heterocycles. The molecule has 0 spiro atoms. The normalized spacial score (nSPS) is 25.9. The smallest absolute Gasteiger partial charge is 0.132 e. The lowest BCUT2D eigenvalue weighted by Crippen LogP contribution is -2.44. The highest BCUT2D eigenvalue weighted by molar-refractivity contribution is 5.34. The lowest BCUT2D eigenvalue weighted by Gasteiger charge is -2.32. The third-order valence-electron chi connectivity index (χ3n) is 3.11. The number of aryl methyl sites for hydroxylation is 1. The first-order valence-corrected chi connectivity index (χ1v) is 5.50. The average Bonchev–Trinajstić information content (AvgIpc) is 2.30. The molecule has 0 bridgehead atoms. The van der Waals surface area contributed by atoms with Crippen LogP contribution in [0.2, 0.25) is 0 Å². The van der Waals surface area contributed by atoms with Gasteiger partial charge in [-0.15, -0.1) is 0 Å². The number of nitriles is 1. The molecule has 1 saturated heterocycles. The number of rotatable bonds is 1. The van der Waals surface area contributed by atoms with Crippen LogP contribution in [0.1, 0.15) is 30.4 Å². The average molecular weight is 200 g/mol. The summed E-state index contributed by atoms with van der Waals surface area (Å²) in [4.78, 5) is 0. The summed E-state index contributed by atoms with van der Waals surface area (Å²) in [6, 6.07) is 10.7. The zero-order chi connectivity index (χ0) is 10.7. The molecule has 78 valence electrons. The Hall–Kier alpha value is -1.33. The lowest BCUT2D eigenvalue weighted by molar-refractivity contribution is 0.330. The molecule has 1 unspecified atom stereocenters. The Morgan fingerprint density at radius 1 is 1.40 bits per heavy atom. The fraction of sp³-hybridized carbons (Fsp3) is 0.462.